The van der Waals surface area contributed by atoms with Crippen molar-refractivity contribution in [1.29, 1.82) is 0 Å². The van der Waals surface area contributed by atoms with E-state index in [-0.39, 0.29) is 99.1 Å². The smallest absolute Gasteiger partial charge is 0.659 e. The molecule has 0 bridgehead atoms. The topological polar surface area (TPSA) is 28.2 Å². The SMILES string of the molecule is CC1=C(C)C([Si](C)(CC[Si](C)([N-]C(C)(C)C)C2C(C)=C(C)C(C)C2C)[N-]C(C)(C)C)C(C)C1C.[CH3-].[CH3-].[CH3-].[CH3-].[CH3-].[CH3-].[Ti+4].[Ti+4]. The Morgan fingerprint density at radius 2 is 0.714 bits per heavy atom. The molecule has 0 spiro atoms. The summed E-state index contributed by atoms with van der Waals surface area (Å²) in [5.74, 6) is 2.76. The molecule has 0 fully saturated rings. The number of nitrogens with zero attached hydrogens (tertiary/aromatic N) is 2. The van der Waals surface area contributed by atoms with Crippen molar-refractivity contribution >= 4 is 16.5 Å². The fourth-order valence-corrected chi connectivity index (χ4v) is 21.4. The van der Waals surface area contributed by atoms with Crippen molar-refractivity contribution in [2.24, 2.45) is 23.7 Å². The van der Waals surface area contributed by atoms with Crippen LogP contribution in [0.5, 0.6) is 0 Å². The first-order valence-corrected chi connectivity index (χ1v) is 19.4. The molecule has 2 aliphatic carbocycles. The summed E-state index contributed by atoms with van der Waals surface area (Å²) < 4.78 is 0. The van der Waals surface area contributed by atoms with Crippen molar-refractivity contribution in [1.82, 2.24) is 0 Å². The number of hydrogen-bond acceptors (Lipinski definition) is 0. The largest absolute Gasteiger partial charge is 4.00 e. The van der Waals surface area contributed by atoms with Crippen LogP contribution in [0.15, 0.2) is 22.3 Å². The molecule has 6 heteroatoms. The van der Waals surface area contributed by atoms with Gasteiger partial charge in [-0.25, -0.2) is 0 Å². The molecule has 8 atom stereocenters. The van der Waals surface area contributed by atoms with Crippen molar-refractivity contribution < 1.29 is 43.4 Å². The number of hydrogen-bond donors (Lipinski definition) is 0. The summed E-state index contributed by atoms with van der Waals surface area (Å²) in [4.78, 5) is 11.5. The minimum atomic E-state index is -1.95. The molecular weight excluding hydrogens is 612 g/mol. The van der Waals surface area contributed by atoms with Crippen LogP contribution in [0.2, 0.25) is 36.3 Å². The van der Waals surface area contributed by atoms with Crippen LogP contribution in [0.4, 0.5) is 0 Å². The molecule has 0 amide bonds. The summed E-state index contributed by atoms with van der Waals surface area (Å²) in [5.41, 5.74) is 7.93. The second-order valence-electron chi connectivity index (χ2n) is 14.8. The van der Waals surface area contributed by atoms with Gasteiger partial charge >= 0.3 is 43.4 Å². The third-order valence-electron chi connectivity index (χ3n) is 9.83. The Morgan fingerprint density at radius 3 is 0.857 bits per heavy atom. The van der Waals surface area contributed by atoms with Crippen molar-refractivity contribution in [3.05, 3.63) is 76.8 Å². The van der Waals surface area contributed by atoms with Crippen LogP contribution in [0, 0.1) is 68.2 Å². The molecule has 0 heterocycles. The van der Waals surface area contributed by atoms with Gasteiger partial charge in [-0.3, -0.25) is 0 Å². The molecule has 0 radical (unpaired) electrons. The normalized spacial score (nSPS) is 28.0. The van der Waals surface area contributed by atoms with Crippen molar-refractivity contribution in [3.8, 4) is 0 Å². The zero-order valence-electron chi connectivity index (χ0n) is 32.8. The van der Waals surface area contributed by atoms with Gasteiger partial charge in [0.25, 0.3) is 0 Å². The van der Waals surface area contributed by atoms with Gasteiger partial charge in [0.05, 0.1) is 0 Å². The number of allylic oxidation sites excluding steroid dienone is 4. The van der Waals surface area contributed by atoms with Crippen LogP contribution in [0.3, 0.4) is 0 Å². The molecule has 2 aliphatic rings. The predicted molar refractivity (Wildman–Crippen MR) is 198 cm³/mol. The average molecular weight is 689 g/mol. The molecule has 8 unspecified atom stereocenters. The quantitative estimate of drug-likeness (QED) is 0.145. The Hall–Kier alpha value is 1.26. The summed E-state index contributed by atoms with van der Waals surface area (Å²) in [7, 11) is -3.90. The Bertz CT molecular complexity index is 759. The minimum Gasteiger partial charge on any atom is -0.659 e. The van der Waals surface area contributed by atoms with Gasteiger partial charge in [-0.05, 0) is 62.4 Å². The van der Waals surface area contributed by atoms with Crippen LogP contribution in [-0.4, -0.2) is 27.5 Å². The average Bonchev–Trinajstić information content (AvgIpc) is 2.97. The molecule has 0 aromatic rings. The zero-order chi connectivity index (χ0) is 26.6. The van der Waals surface area contributed by atoms with Crippen molar-refractivity contribution in [2.45, 2.75) is 144 Å². The van der Waals surface area contributed by atoms with Crippen LogP contribution >= 0.6 is 0 Å². The van der Waals surface area contributed by atoms with Crippen LogP contribution in [-0.2, 0) is 43.4 Å². The first-order chi connectivity index (χ1) is 15.2. The van der Waals surface area contributed by atoms with Gasteiger partial charge in [0.15, 0.2) is 0 Å². The van der Waals surface area contributed by atoms with E-state index < -0.39 is 16.5 Å². The van der Waals surface area contributed by atoms with Gasteiger partial charge in [0, 0.05) is 0 Å². The van der Waals surface area contributed by atoms with E-state index in [9.17, 15) is 0 Å². The molecule has 2 rings (SSSR count). The summed E-state index contributed by atoms with van der Waals surface area (Å²) in [6, 6.07) is 2.56. The third kappa shape index (κ3) is 12.8. The molecule has 0 aromatic carbocycles. The van der Waals surface area contributed by atoms with E-state index in [1.165, 1.54) is 12.1 Å². The summed E-state index contributed by atoms with van der Waals surface area (Å²) >= 11 is 0. The van der Waals surface area contributed by atoms with Crippen molar-refractivity contribution in [3.63, 3.8) is 0 Å². The maximum atomic E-state index is 5.76. The standard InChI is InChI=1S/C30H58N2Si2.6CH3.2Ti/c1-19-20(2)24(6)27(23(19)5)33(15,31-29(9,10)11)17-18-34(16,32-30(12,13)14)28-25(7)21(3)22(4)26(28)8;;;;;;;;/h19,21,23,25,27-28H,17-18H2,1-16H3;6*1H3;;/q-2;6*-1;2*+4. The molecule has 42 heavy (non-hydrogen) atoms. The monoisotopic (exact) mass is 688 g/mol. The Balaban J connectivity index is -0.000000306. The van der Waals surface area contributed by atoms with E-state index in [0.29, 0.717) is 34.8 Å². The summed E-state index contributed by atoms with van der Waals surface area (Å²) in [6.07, 6.45) is 0. The Labute approximate surface area is 302 Å². The predicted octanol–water partition coefficient (Wildman–Crippen LogP) is 13.2. The van der Waals surface area contributed by atoms with Gasteiger partial charge in [-0.1, -0.05) is 133 Å². The molecule has 2 nitrogen and oxygen atoms in total. The van der Waals surface area contributed by atoms with Gasteiger partial charge < -0.3 is 54.5 Å². The fraction of sp³-hybridized carbons (Fsp3) is 0.722. The summed E-state index contributed by atoms with van der Waals surface area (Å²) in [5, 5.41) is 0. The van der Waals surface area contributed by atoms with Gasteiger partial charge in [0.1, 0.15) is 0 Å². The Kier molecular flexibility index (Phi) is 28.7. The van der Waals surface area contributed by atoms with E-state index in [1.807, 2.05) is 0 Å². The Morgan fingerprint density at radius 1 is 0.500 bits per heavy atom. The molecule has 0 saturated heterocycles. The van der Waals surface area contributed by atoms with Gasteiger partial charge in [0.2, 0.25) is 0 Å². The third-order valence-corrected chi connectivity index (χ3v) is 19.8. The van der Waals surface area contributed by atoms with Gasteiger partial charge in [-0.15, -0.1) is 11.1 Å². The number of rotatable bonds is 7. The first kappa shape index (κ1) is 58.8. The van der Waals surface area contributed by atoms with E-state index in [0.717, 1.165) is 0 Å². The van der Waals surface area contributed by atoms with Crippen LogP contribution in [0.1, 0.15) is 96.9 Å². The van der Waals surface area contributed by atoms with Crippen LogP contribution in [0.25, 0.3) is 9.96 Å². The van der Waals surface area contributed by atoms with Crippen LogP contribution < -0.4 is 0 Å². The summed E-state index contributed by atoms with van der Waals surface area (Å²) in [6.45, 7) is 38.7. The molecule has 0 saturated carbocycles. The maximum absolute atomic E-state index is 5.76. The minimum absolute atomic E-state index is 0. The van der Waals surface area contributed by atoms with E-state index in [4.69, 9.17) is 9.96 Å². The zero-order valence-corrected chi connectivity index (χ0v) is 37.9. The maximum Gasteiger partial charge on any atom is 4.00 e. The first-order valence-electron chi connectivity index (χ1n) is 14.0. The molecule has 0 aliphatic heterocycles. The molecule has 246 valence electrons. The molecular formula is C36H76N2Si2Ti2. The molecule has 0 N–H and O–H groups in total. The van der Waals surface area contributed by atoms with E-state index in [1.54, 1.807) is 22.3 Å². The fourth-order valence-electron chi connectivity index (χ4n) is 8.03. The van der Waals surface area contributed by atoms with Crippen molar-refractivity contribution in [2.75, 3.05) is 0 Å². The van der Waals surface area contributed by atoms with Gasteiger partial charge in [-0.2, -0.15) is 0 Å². The molecule has 0 aromatic heterocycles. The second-order valence-corrected chi connectivity index (χ2v) is 22.9. The van der Waals surface area contributed by atoms with E-state index in [2.05, 4.69) is 110 Å². The van der Waals surface area contributed by atoms with E-state index >= 15 is 0 Å². The second kappa shape index (κ2) is 20.5.